The van der Waals surface area contributed by atoms with Crippen LogP contribution in [0.3, 0.4) is 0 Å². The number of nitrogens with zero attached hydrogens (tertiary/aromatic N) is 2. The smallest absolute Gasteiger partial charge is 0.223 e. The molecule has 2 aliphatic heterocycles. The third-order valence-electron chi connectivity index (χ3n) is 6.08. The number of likely N-dealkylation sites (tertiary alicyclic amines) is 1. The highest BCUT2D eigenvalue weighted by molar-refractivity contribution is 8.00. The zero-order valence-corrected chi connectivity index (χ0v) is 15.9. The first kappa shape index (κ1) is 18.1. The van der Waals surface area contributed by atoms with Gasteiger partial charge in [0.1, 0.15) is 0 Å². The second kappa shape index (κ2) is 8.11. The second-order valence-corrected chi connectivity index (χ2v) is 9.12. The van der Waals surface area contributed by atoms with Crippen molar-refractivity contribution >= 4 is 23.6 Å². The Morgan fingerprint density at radius 3 is 2.42 bits per heavy atom. The van der Waals surface area contributed by atoms with Crippen LogP contribution in [0.15, 0.2) is 0 Å². The van der Waals surface area contributed by atoms with Crippen molar-refractivity contribution in [1.82, 2.24) is 9.80 Å². The van der Waals surface area contributed by atoms with Gasteiger partial charge in [-0.15, -0.1) is 11.8 Å². The van der Waals surface area contributed by atoms with E-state index in [1.807, 2.05) is 16.7 Å². The van der Waals surface area contributed by atoms with Crippen LogP contribution < -0.4 is 0 Å². The second-order valence-electron chi connectivity index (χ2n) is 7.66. The first-order chi connectivity index (χ1) is 11.6. The lowest BCUT2D eigenvalue weighted by atomic mass is 9.98. The summed E-state index contributed by atoms with van der Waals surface area (Å²) < 4.78 is 0. The summed E-state index contributed by atoms with van der Waals surface area (Å²) in [5.41, 5.74) is 0. The van der Waals surface area contributed by atoms with Crippen LogP contribution >= 0.6 is 11.8 Å². The topological polar surface area (TPSA) is 40.6 Å². The molecule has 0 atom stereocenters. The van der Waals surface area contributed by atoms with Crippen LogP contribution in [0.25, 0.3) is 0 Å². The van der Waals surface area contributed by atoms with E-state index in [-0.39, 0.29) is 10.8 Å². The van der Waals surface area contributed by atoms with Crippen molar-refractivity contribution in [2.24, 2.45) is 5.92 Å². The summed E-state index contributed by atoms with van der Waals surface area (Å²) in [6.07, 6.45) is 10.6. The fourth-order valence-corrected chi connectivity index (χ4v) is 6.09. The molecule has 1 spiro atoms. The highest BCUT2D eigenvalue weighted by atomic mass is 32.2. The van der Waals surface area contributed by atoms with Gasteiger partial charge in [-0.25, -0.2) is 0 Å². The molecule has 0 unspecified atom stereocenters. The van der Waals surface area contributed by atoms with Gasteiger partial charge in [0.25, 0.3) is 0 Å². The lowest BCUT2D eigenvalue weighted by Gasteiger charge is -2.44. The lowest BCUT2D eigenvalue weighted by Crippen LogP contribution is -2.53. The molecule has 0 aromatic rings. The summed E-state index contributed by atoms with van der Waals surface area (Å²) >= 11 is 1.95. The molecule has 0 N–H and O–H groups in total. The SMILES string of the molecule is CCCC(=O)N1CCC2(CC1)SCCN2C(=O)CCC1CCCC1. The van der Waals surface area contributed by atoms with E-state index in [1.54, 1.807) is 0 Å². The molecular formula is C19H32N2O2S. The fourth-order valence-electron chi connectivity index (χ4n) is 4.61. The van der Waals surface area contributed by atoms with Gasteiger partial charge in [0.2, 0.25) is 11.8 Å². The van der Waals surface area contributed by atoms with Crippen LogP contribution in [0.1, 0.15) is 71.1 Å². The first-order valence-electron chi connectivity index (χ1n) is 9.87. The van der Waals surface area contributed by atoms with Crippen LogP contribution in [0.2, 0.25) is 0 Å². The highest BCUT2D eigenvalue weighted by Crippen LogP contribution is 2.44. The predicted molar refractivity (Wildman–Crippen MR) is 98.8 cm³/mol. The Kier molecular flexibility index (Phi) is 6.12. The summed E-state index contributed by atoms with van der Waals surface area (Å²) in [4.78, 5) is 29.1. The van der Waals surface area contributed by atoms with Gasteiger partial charge in [0.05, 0.1) is 4.87 Å². The molecule has 0 aromatic carbocycles. The van der Waals surface area contributed by atoms with E-state index >= 15 is 0 Å². The molecule has 24 heavy (non-hydrogen) atoms. The number of hydrogen-bond acceptors (Lipinski definition) is 3. The maximum Gasteiger partial charge on any atom is 0.223 e. The molecular weight excluding hydrogens is 320 g/mol. The van der Waals surface area contributed by atoms with E-state index in [1.165, 1.54) is 25.7 Å². The number of carbonyl (C=O) groups is 2. The Morgan fingerprint density at radius 2 is 1.75 bits per heavy atom. The van der Waals surface area contributed by atoms with E-state index in [2.05, 4.69) is 11.8 Å². The molecule has 1 saturated carbocycles. The largest absolute Gasteiger partial charge is 0.342 e. The number of carbonyl (C=O) groups excluding carboxylic acids is 2. The van der Waals surface area contributed by atoms with Crippen LogP contribution in [0.5, 0.6) is 0 Å². The number of rotatable bonds is 5. The Balaban J connectivity index is 1.53. The molecule has 0 bridgehead atoms. The van der Waals surface area contributed by atoms with E-state index in [9.17, 15) is 9.59 Å². The molecule has 0 radical (unpaired) electrons. The molecule has 4 nitrogen and oxygen atoms in total. The van der Waals surface area contributed by atoms with Gasteiger partial charge >= 0.3 is 0 Å². The van der Waals surface area contributed by atoms with Gasteiger partial charge in [-0.05, 0) is 31.6 Å². The highest BCUT2D eigenvalue weighted by Gasteiger charge is 2.46. The minimum absolute atomic E-state index is 0.0181. The standard InChI is InChI=1S/C19H32N2O2S/c1-2-5-17(22)20-12-10-19(11-13-20)21(14-15-24-19)18(23)9-8-16-6-3-4-7-16/h16H,2-15H2,1H3. The Hall–Kier alpha value is -0.710. The monoisotopic (exact) mass is 352 g/mol. The number of piperidine rings is 1. The van der Waals surface area contributed by atoms with E-state index in [0.29, 0.717) is 12.3 Å². The molecule has 1 aliphatic carbocycles. The molecule has 2 amide bonds. The molecule has 3 fully saturated rings. The number of amides is 2. The van der Waals surface area contributed by atoms with Crippen LogP contribution in [0.4, 0.5) is 0 Å². The van der Waals surface area contributed by atoms with Crippen molar-refractivity contribution in [2.75, 3.05) is 25.4 Å². The first-order valence-corrected chi connectivity index (χ1v) is 10.9. The normalized spacial score (nSPS) is 24.0. The third kappa shape index (κ3) is 3.92. The third-order valence-corrected chi connectivity index (χ3v) is 7.63. The van der Waals surface area contributed by atoms with E-state index in [0.717, 1.165) is 63.4 Å². The Morgan fingerprint density at radius 1 is 1.04 bits per heavy atom. The van der Waals surface area contributed by atoms with Crippen molar-refractivity contribution < 1.29 is 9.59 Å². The minimum atomic E-state index is -0.0181. The quantitative estimate of drug-likeness (QED) is 0.758. The predicted octanol–water partition coefficient (Wildman–Crippen LogP) is 3.65. The number of hydrogen-bond donors (Lipinski definition) is 0. The van der Waals surface area contributed by atoms with E-state index < -0.39 is 0 Å². The van der Waals surface area contributed by atoms with E-state index in [4.69, 9.17) is 0 Å². The van der Waals surface area contributed by atoms with Crippen molar-refractivity contribution in [1.29, 1.82) is 0 Å². The van der Waals surface area contributed by atoms with Crippen LogP contribution in [-0.4, -0.2) is 51.9 Å². The molecule has 2 saturated heterocycles. The summed E-state index contributed by atoms with van der Waals surface area (Å²) in [5.74, 6) is 2.49. The lowest BCUT2D eigenvalue weighted by molar-refractivity contribution is -0.137. The zero-order chi connectivity index (χ0) is 17.0. The van der Waals surface area contributed by atoms with Gasteiger partial charge in [-0.2, -0.15) is 0 Å². The van der Waals surface area contributed by atoms with Crippen LogP contribution in [0, 0.1) is 5.92 Å². The van der Waals surface area contributed by atoms with Crippen molar-refractivity contribution in [2.45, 2.75) is 76.0 Å². The van der Waals surface area contributed by atoms with Crippen molar-refractivity contribution in [3.63, 3.8) is 0 Å². The summed E-state index contributed by atoms with van der Waals surface area (Å²) in [6, 6.07) is 0. The average molecular weight is 353 g/mol. The summed E-state index contributed by atoms with van der Waals surface area (Å²) in [6.45, 7) is 4.59. The van der Waals surface area contributed by atoms with Gasteiger partial charge in [-0.3, -0.25) is 9.59 Å². The fraction of sp³-hybridized carbons (Fsp3) is 0.895. The maximum absolute atomic E-state index is 12.8. The Bertz CT molecular complexity index is 454. The van der Waals surface area contributed by atoms with Gasteiger partial charge in [0, 0.05) is 38.2 Å². The molecule has 5 heteroatoms. The molecule has 136 valence electrons. The van der Waals surface area contributed by atoms with Gasteiger partial charge < -0.3 is 9.80 Å². The summed E-state index contributed by atoms with van der Waals surface area (Å²) in [7, 11) is 0. The minimum Gasteiger partial charge on any atom is -0.342 e. The maximum atomic E-state index is 12.8. The van der Waals surface area contributed by atoms with Crippen molar-refractivity contribution in [3.05, 3.63) is 0 Å². The molecule has 3 aliphatic rings. The van der Waals surface area contributed by atoms with Gasteiger partial charge in [-0.1, -0.05) is 32.6 Å². The molecule has 3 rings (SSSR count). The van der Waals surface area contributed by atoms with Crippen molar-refractivity contribution in [3.8, 4) is 0 Å². The molecule has 2 heterocycles. The number of thioether (sulfide) groups is 1. The van der Waals surface area contributed by atoms with Crippen LogP contribution in [-0.2, 0) is 9.59 Å². The molecule has 0 aromatic heterocycles. The van der Waals surface area contributed by atoms with Gasteiger partial charge in [0.15, 0.2) is 0 Å². The Labute approximate surface area is 150 Å². The summed E-state index contributed by atoms with van der Waals surface area (Å²) in [5, 5.41) is 0. The average Bonchev–Trinajstić information content (AvgIpc) is 3.24. The zero-order valence-electron chi connectivity index (χ0n) is 15.1.